The Morgan fingerprint density at radius 1 is 1.08 bits per heavy atom. The molecule has 2 aliphatic carbocycles. The van der Waals surface area contributed by atoms with E-state index in [0.29, 0.717) is 18.1 Å². The number of benzene rings is 2. The van der Waals surface area contributed by atoms with Gasteiger partial charge in [0.2, 0.25) is 0 Å². The standard InChI is InChI=1S/C25H28O/c1-5-7-8-18-20-11-9-17(15(3)4)16(6-2)24(20)25-21(18)12-10-19-22(25)13-14-23(19)26/h9-12,18H,3,5-8,13-14H2,1-2,4H3. The van der Waals surface area contributed by atoms with Gasteiger partial charge >= 0.3 is 0 Å². The van der Waals surface area contributed by atoms with Gasteiger partial charge in [0.15, 0.2) is 5.78 Å². The number of fused-ring (bicyclic) bond motifs is 5. The van der Waals surface area contributed by atoms with Crippen LogP contribution in [0.15, 0.2) is 30.8 Å². The summed E-state index contributed by atoms with van der Waals surface area (Å²) in [7, 11) is 0. The van der Waals surface area contributed by atoms with Crippen molar-refractivity contribution in [3.8, 4) is 11.1 Å². The van der Waals surface area contributed by atoms with Gasteiger partial charge in [0.05, 0.1) is 0 Å². The number of hydrogen-bond acceptors (Lipinski definition) is 1. The number of unbranched alkanes of at least 4 members (excludes halogenated alkanes) is 1. The van der Waals surface area contributed by atoms with E-state index in [-0.39, 0.29) is 0 Å². The highest BCUT2D eigenvalue weighted by molar-refractivity contribution is 6.04. The molecular formula is C25H28O. The Hall–Kier alpha value is -2.15. The Morgan fingerprint density at radius 3 is 2.50 bits per heavy atom. The first-order chi connectivity index (χ1) is 12.6. The second-order valence-corrected chi connectivity index (χ2v) is 7.86. The van der Waals surface area contributed by atoms with Crippen LogP contribution in [0.1, 0.15) is 90.5 Å². The Morgan fingerprint density at radius 2 is 1.81 bits per heavy atom. The van der Waals surface area contributed by atoms with Crippen LogP contribution in [-0.4, -0.2) is 5.78 Å². The van der Waals surface area contributed by atoms with Crippen molar-refractivity contribution in [2.45, 2.75) is 65.2 Å². The SMILES string of the molecule is C=C(C)c1ccc2c(c1CC)-c1c(ccc3c1CCC3=O)C2CCCC. The van der Waals surface area contributed by atoms with E-state index in [1.807, 2.05) is 0 Å². The lowest BCUT2D eigenvalue weighted by atomic mass is 9.87. The van der Waals surface area contributed by atoms with Gasteiger partial charge in [-0.3, -0.25) is 4.79 Å². The average Bonchev–Trinajstić information content (AvgIpc) is 3.17. The van der Waals surface area contributed by atoms with Gasteiger partial charge in [0.1, 0.15) is 0 Å². The molecule has 0 heterocycles. The van der Waals surface area contributed by atoms with E-state index in [1.165, 1.54) is 58.2 Å². The second kappa shape index (κ2) is 6.54. The summed E-state index contributed by atoms with van der Waals surface area (Å²) in [5.41, 5.74) is 11.9. The van der Waals surface area contributed by atoms with Gasteiger partial charge in [-0.1, -0.05) is 63.1 Å². The summed E-state index contributed by atoms with van der Waals surface area (Å²) in [6.07, 6.45) is 6.22. The van der Waals surface area contributed by atoms with Crippen molar-refractivity contribution >= 4 is 11.4 Å². The topological polar surface area (TPSA) is 17.1 Å². The molecule has 0 saturated heterocycles. The molecule has 2 aromatic carbocycles. The van der Waals surface area contributed by atoms with E-state index in [1.54, 1.807) is 0 Å². The molecule has 0 aromatic heterocycles. The van der Waals surface area contributed by atoms with Crippen LogP contribution in [0.4, 0.5) is 0 Å². The highest BCUT2D eigenvalue weighted by atomic mass is 16.1. The third-order valence-electron chi connectivity index (χ3n) is 6.25. The first kappa shape index (κ1) is 17.3. The van der Waals surface area contributed by atoms with Gasteiger partial charge < -0.3 is 0 Å². The van der Waals surface area contributed by atoms with Gasteiger partial charge in [0.25, 0.3) is 0 Å². The van der Waals surface area contributed by atoms with Crippen LogP contribution in [0.2, 0.25) is 0 Å². The molecule has 1 heteroatoms. The largest absolute Gasteiger partial charge is 0.294 e. The minimum Gasteiger partial charge on any atom is -0.294 e. The van der Waals surface area contributed by atoms with Crippen molar-refractivity contribution in [1.29, 1.82) is 0 Å². The molecule has 134 valence electrons. The summed E-state index contributed by atoms with van der Waals surface area (Å²) < 4.78 is 0. The molecule has 0 aliphatic heterocycles. The molecule has 2 aliphatic rings. The van der Waals surface area contributed by atoms with Crippen molar-refractivity contribution in [3.63, 3.8) is 0 Å². The van der Waals surface area contributed by atoms with E-state index in [0.717, 1.165) is 24.0 Å². The maximum absolute atomic E-state index is 12.3. The third kappa shape index (κ3) is 2.40. The number of carbonyl (C=O) groups excluding carboxylic acids is 1. The second-order valence-electron chi connectivity index (χ2n) is 7.86. The third-order valence-corrected chi connectivity index (χ3v) is 6.25. The maximum Gasteiger partial charge on any atom is 0.163 e. The molecule has 0 bridgehead atoms. The molecule has 26 heavy (non-hydrogen) atoms. The molecular weight excluding hydrogens is 316 g/mol. The Balaban J connectivity index is 2.03. The van der Waals surface area contributed by atoms with E-state index in [9.17, 15) is 4.79 Å². The number of Topliss-reactive ketones (excluding diaryl/α,β-unsaturated/α-hetero) is 1. The fourth-order valence-electron chi connectivity index (χ4n) is 5.05. The van der Waals surface area contributed by atoms with Crippen molar-refractivity contribution in [1.82, 2.24) is 0 Å². The molecule has 0 saturated carbocycles. The summed E-state index contributed by atoms with van der Waals surface area (Å²) in [5, 5.41) is 0. The van der Waals surface area contributed by atoms with E-state index in [2.05, 4.69) is 51.6 Å². The number of hydrogen-bond donors (Lipinski definition) is 0. The van der Waals surface area contributed by atoms with Gasteiger partial charge in [-0.2, -0.15) is 0 Å². The Bertz CT molecular complexity index is 916. The summed E-state index contributed by atoms with van der Waals surface area (Å²) in [6, 6.07) is 8.95. The highest BCUT2D eigenvalue weighted by Gasteiger charge is 2.35. The zero-order valence-corrected chi connectivity index (χ0v) is 16.2. The van der Waals surface area contributed by atoms with Crippen molar-refractivity contribution < 1.29 is 4.79 Å². The Kier molecular flexibility index (Phi) is 4.34. The lowest BCUT2D eigenvalue weighted by molar-refractivity contribution is 0.0994. The normalized spacial score (nSPS) is 17.2. The van der Waals surface area contributed by atoms with Gasteiger partial charge in [-0.15, -0.1) is 0 Å². The van der Waals surface area contributed by atoms with Crippen molar-refractivity contribution in [3.05, 3.63) is 64.2 Å². The molecule has 0 fully saturated rings. The number of carbonyl (C=O) groups is 1. The molecule has 2 aromatic rings. The van der Waals surface area contributed by atoms with Crippen LogP contribution in [0.3, 0.4) is 0 Å². The fraction of sp³-hybridized carbons (Fsp3) is 0.400. The lowest BCUT2D eigenvalue weighted by Crippen LogP contribution is -1.99. The fourth-order valence-corrected chi connectivity index (χ4v) is 5.05. The van der Waals surface area contributed by atoms with E-state index < -0.39 is 0 Å². The van der Waals surface area contributed by atoms with Crippen molar-refractivity contribution in [2.75, 3.05) is 0 Å². The molecule has 1 atom stereocenters. The molecule has 1 unspecified atom stereocenters. The van der Waals surface area contributed by atoms with Crippen LogP contribution in [-0.2, 0) is 12.8 Å². The molecule has 0 radical (unpaired) electrons. The minimum atomic E-state index is 0.315. The van der Waals surface area contributed by atoms with Crippen LogP contribution in [0.5, 0.6) is 0 Å². The van der Waals surface area contributed by atoms with Gasteiger partial charge in [-0.25, -0.2) is 0 Å². The maximum atomic E-state index is 12.3. The Labute approximate surface area is 157 Å². The van der Waals surface area contributed by atoms with Crippen LogP contribution >= 0.6 is 0 Å². The number of rotatable bonds is 5. The monoisotopic (exact) mass is 344 g/mol. The minimum absolute atomic E-state index is 0.315. The predicted octanol–water partition coefficient (Wildman–Crippen LogP) is 6.71. The molecule has 0 N–H and O–H groups in total. The van der Waals surface area contributed by atoms with Gasteiger partial charge in [-0.05, 0) is 65.1 Å². The van der Waals surface area contributed by atoms with Crippen LogP contribution in [0, 0.1) is 0 Å². The summed E-state index contributed by atoms with van der Waals surface area (Å²) in [5.74, 6) is 0.792. The smallest absolute Gasteiger partial charge is 0.163 e. The van der Waals surface area contributed by atoms with Crippen molar-refractivity contribution in [2.24, 2.45) is 0 Å². The van der Waals surface area contributed by atoms with Crippen LogP contribution in [0.25, 0.3) is 16.7 Å². The van der Waals surface area contributed by atoms with Crippen LogP contribution < -0.4 is 0 Å². The first-order valence-corrected chi connectivity index (χ1v) is 10.1. The highest BCUT2D eigenvalue weighted by Crippen LogP contribution is 2.52. The van der Waals surface area contributed by atoms with E-state index in [4.69, 9.17) is 0 Å². The average molecular weight is 344 g/mol. The molecule has 4 rings (SSSR count). The first-order valence-electron chi connectivity index (χ1n) is 10.1. The molecule has 0 spiro atoms. The zero-order valence-electron chi connectivity index (χ0n) is 16.2. The molecule has 1 nitrogen and oxygen atoms in total. The van der Waals surface area contributed by atoms with E-state index >= 15 is 0 Å². The summed E-state index contributed by atoms with van der Waals surface area (Å²) in [4.78, 5) is 12.3. The summed E-state index contributed by atoms with van der Waals surface area (Å²) in [6.45, 7) is 10.8. The summed E-state index contributed by atoms with van der Waals surface area (Å²) >= 11 is 0. The molecule has 0 amide bonds. The number of ketones is 1. The number of allylic oxidation sites excluding steroid dienone is 1. The zero-order chi connectivity index (χ0) is 18.4. The van der Waals surface area contributed by atoms with Gasteiger partial charge in [0, 0.05) is 17.9 Å². The predicted molar refractivity (Wildman–Crippen MR) is 110 cm³/mol. The lowest BCUT2D eigenvalue weighted by Gasteiger charge is -2.17. The quantitative estimate of drug-likeness (QED) is 0.589.